The summed E-state index contributed by atoms with van der Waals surface area (Å²) in [5, 5.41) is 2.67. The molecule has 128 valence electrons. The number of anilines is 1. The first-order valence-corrected chi connectivity index (χ1v) is 8.00. The third-order valence-corrected chi connectivity index (χ3v) is 4.17. The van der Waals surface area contributed by atoms with Gasteiger partial charge < -0.3 is 25.7 Å². The largest absolute Gasteiger partial charge is 0.439 e. The molecular weight excluding hydrogens is 310 g/mol. The molecule has 1 aliphatic rings. The minimum absolute atomic E-state index is 0.381. The fourth-order valence-electron chi connectivity index (χ4n) is 2.85. The maximum atomic E-state index is 11.4. The van der Waals surface area contributed by atoms with Gasteiger partial charge in [-0.2, -0.15) is 0 Å². The van der Waals surface area contributed by atoms with Crippen molar-refractivity contribution >= 4 is 29.0 Å². The number of imidazole rings is 1. The highest BCUT2D eigenvalue weighted by Gasteiger charge is 2.22. The van der Waals surface area contributed by atoms with Crippen molar-refractivity contribution in [3.05, 3.63) is 24.3 Å². The van der Waals surface area contributed by atoms with Crippen molar-refractivity contribution in [1.29, 1.82) is 0 Å². The summed E-state index contributed by atoms with van der Waals surface area (Å²) in [5.41, 5.74) is 6.92. The van der Waals surface area contributed by atoms with Crippen LogP contribution in [0.2, 0.25) is 0 Å². The van der Waals surface area contributed by atoms with E-state index in [9.17, 15) is 9.59 Å². The van der Waals surface area contributed by atoms with Crippen molar-refractivity contribution < 1.29 is 14.3 Å². The molecule has 3 rings (SSSR count). The number of primary amides is 1. The van der Waals surface area contributed by atoms with Gasteiger partial charge in [-0.15, -0.1) is 0 Å². The number of ether oxygens (including phenoxy) is 1. The predicted octanol–water partition coefficient (Wildman–Crippen LogP) is 0.991. The van der Waals surface area contributed by atoms with E-state index in [0.717, 1.165) is 42.9 Å². The van der Waals surface area contributed by atoms with Gasteiger partial charge in [0.2, 0.25) is 5.95 Å². The SMILES string of the molecule is NC(=O)COC(=O)NCC1CCN(c2nc3ccccc3[nH]2)CC1. The van der Waals surface area contributed by atoms with Crippen LogP contribution in [0.4, 0.5) is 10.7 Å². The molecule has 2 amide bonds. The van der Waals surface area contributed by atoms with Crippen LogP contribution in [0.15, 0.2) is 24.3 Å². The minimum Gasteiger partial charge on any atom is -0.439 e. The summed E-state index contributed by atoms with van der Waals surface area (Å²) in [6, 6.07) is 7.96. The highest BCUT2D eigenvalue weighted by atomic mass is 16.6. The number of fused-ring (bicyclic) bond motifs is 1. The Balaban J connectivity index is 1.45. The van der Waals surface area contributed by atoms with Gasteiger partial charge in [0.25, 0.3) is 5.91 Å². The number of piperidine rings is 1. The third kappa shape index (κ3) is 3.95. The topological polar surface area (TPSA) is 113 Å². The smallest absolute Gasteiger partial charge is 0.407 e. The molecule has 0 atom stereocenters. The fraction of sp³-hybridized carbons (Fsp3) is 0.438. The molecule has 0 unspecified atom stereocenters. The van der Waals surface area contributed by atoms with E-state index in [1.165, 1.54) is 0 Å². The van der Waals surface area contributed by atoms with Gasteiger partial charge in [-0.3, -0.25) is 4.79 Å². The normalized spacial score (nSPS) is 15.4. The summed E-state index contributed by atoms with van der Waals surface area (Å²) in [6.45, 7) is 1.90. The van der Waals surface area contributed by atoms with Gasteiger partial charge in [0, 0.05) is 19.6 Å². The molecule has 4 N–H and O–H groups in total. The lowest BCUT2D eigenvalue weighted by atomic mass is 9.97. The van der Waals surface area contributed by atoms with Crippen LogP contribution < -0.4 is 16.0 Å². The van der Waals surface area contributed by atoms with Gasteiger partial charge in [0.15, 0.2) is 6.61 Å². The summed E-state index contributed by atoms with van der Waals surface area (Å²) < 4.78 is 4.67. The first-order valence-electron chi connectivity index (χ1n) is 8.00. The Morgan fingerprint density at radius 1 is 1.33 bits per heavy atom. The Kier molecular flexibility index (Phi) is 4.83. The van der Waals surface area contributed by atoms with E-state index < -0.39 is 18.6 Å². The van der Waals surface area contributed by atoms with Crippen molar-refractivity contribution in [2.24, 2.45) is 11.7 Å². The quantitative estimate of drug-likeness (QED) is 0.756. The fourth-order valence-corrected chi connectivity index (χ4v) is 2.85. The third-order valence-electron chi connectivity index (χ3n) is 4.17. The van der Waals surface area contributed by atoms with E-state index in [0.29, 0.717) is 12.5 Å². The van der Waals surface area contributed by atoms with E-state index >= 15 is 0 Å². The van der Waals surface area contributed by atoms with Gasteiger partial charge in [0.05, 0.1) is 11.0 Å². The maximum absolute atomic E-state index is 11.4. The highest BCUT2D eigenvalue weighted by molar-refractivity contribution is 5.78. The van der Waals surface area contributed by atoms with Crippen LogP contribution in [0.3, 0.4) is 0 Å². The number of para-hydroxylation sites is 2. The molecule has 1 aromatic heterocycles. The average Bonchev–Trinajstić information content (AvgIpc) is 3.02. The number of nitrogens with zero attached hydrogens (tertiary/aromatic N) is 2. The van der Waals surface area contributed by atoms with Gasteiger partial charge in [-0.1, -0.05) is 12.1 Å². The first-order chi connectivity index (χ1) is 11.6. The second-order valence-corrected chi connectivity index (χ2v) is 5.93. The number of carbonyl (C=O) groups excluding carboxylic acids is 2. The molecule has 0 aliphatic carbocycles. The summed E-state index contributed by atoms with van der Waals surface area (Å²) in [5.74, 6) is 0.611. The number of carbonyl (C=O) groups is 2. The van der Waals surface area contributed by atoms with Crippen LogP contribution in [0.1, 0.15) is 12.8 Å². The van der Waals surface area contributed by atoms with E-state index in [1.807, 2.05) is 24.3 Å². The van der Waals surface area contributed by atoms with E-state index in [4.69, 9.17) is 5.73 Å². The Bertz CT molecular complexity index is 688. The lowest BCUT2D eigenvalue weighted by Gasteiger charge is -2.31. The molecule has 1 aromatic carbocycles. The number of aromatic amines is 1. The van der Waals surface area contributed by atoms with Gasteiger partial charge in [-0.05, 0) is 30.9 Å². The number of alkyl carbamates (subject to hydrolysis) is 1. The number of benzene rings is 1. The number of hydrogen-bond donors (Lipinski definition) is 3. The van der Waals surface area contributed by atoms with Crippen molar-refractivity contribution in [2.75, 3.05) is 31.1 Å². The molecule has 0 spiro atoms. The van der Waals surface area contributed by atoms with Gasteiger partial charge in [-0.25, -0.2) is 9.78 Å². The summed E-state index contributed by atoms with van der Waals surface area (Å²) in [7, 11) is 0. The van der Waals surface area contributed by atoms with Gasteiger partial charge >= 0.3 is 6.09 Å². The monoisotopic (exact) mass is 331 g/mol. The minimum atomic E-state index is -0.663. The molecule has 2 aromatic rings. The number of hydrogen-bond acceptors (Lipinski definition) is 5. The van der Waals surface area contributed by atoms with Crippen LogP contribution in [0.5, 0.6) is 0 Å². The van der Waals surface area contributed by atoms with Crippen molar-refractivity contribution in [1.82, 2.24) is 15.3 Å². The number of aromatic nitrogens is 2. The van der Waals surface area contributed by atoms with Crippen molar-refractivity contribution in [3.8, 4) is 0 Å². The van der Waals surface area contributed by atoms with E-state index in [-0.39, 0.29) is 0 Å². The number of rotatable bonds is 5. The molecular formula is C16H21N5O3. The zero-order chi connectivity index (χ0) is 16.9. The van der Waals surface area contributed by atoms with Crippen LogP contribution in [0, 0.1) is 5.92 Å². The summed E-state index contributed by atoms with van der Waals surface area (Å²) in [4.78, 5) is 32.1. The molecule has 0 bridgehead atoms. The predicted molar refractivity (Wildman–Crippen MR) is 89.6 cm³/mol. The molecule has 8 heteroatoms. The lowest BCUT2D eigenvalue weighted by Crippen LogP contribution is -2.39. The second-order valence-electron chi connectivity index (χ2n) is 5.93. The Morgan fingerprint density at radius 2 is 2.08 bits per heavy atom. The molecule has 0 radical (unpaired) electrons. The summed E-state index contributed by atoms with van der Waals surface area (Å²) in [6.07, 6.45) is 1.30. The average molecular weight is 331 g/mol. The Hall–Kier alpha value is -2.77. The zero-order valence-corrected chi connectivity index (χ0v) is 13.3. The highest BCUT2D eigenvalue weighted by Crippen LogP contribution is 2.23. The number of nitrogens with two attached hydrogens (primary N) is 1. The van der Waals surface area contributed by atoms with Crippen molar-refractivity contribution in [3.63, 3.8) is 0 Å². The van der Waals surface area contributed by atoms with E-state index in [2.05, 4.69) is 24.9 Å². The molecule has 8 nitrogen and oxygen atoms in total. The molecule has 1 saturated heterocycles. The van der Waals surface area contributed by atoms with Gasteiger partial charge in [0.1, 0.15) is 0 Å². The molecule has 0 saturated carbocycles. The molecule has 1 fully saturated rings. The number of nitrogens with one attached hydrogen (secondary N) is 2. The van der Waals surface area contributed by atoms with Crippen LogP contribution in [-0.4, -0.2) is 48.2 Å². The van der Waals surface area contributed by atoms with Crippen LogP contribution in [0.25, 0.3) is 11.0 Å². The standard InChI is InChI=1S/C16H21N5O3/c17-14(22)10-24-16(23)18-9-11-5-7-21(8-6-11)15-19-12-3-1-2-4-13(12)20-15/h1-4,11H,5-10H2,(H2,17,22)(H,18,23)(H,19,20). The molecule has 24 heavy (non-hydrogen) atoms. The lowest BCUT2D eigenvalue weighted by molar-refractivity contribution is -0.120. The Labute approximate surface area is 139 Å². The zero-order valence-electron chi connectivity index (χ0n) is 13.3. The summed E-state index contributed by atoms with van der Waals surface area (Å²) >= 11 is 0. The molecule has 2 heterocycles. The maximum Gasteiger partial charge on any atom is 0.407 e. The molecule has 1 aliphatic heterocycles. The van der Waals surface area contributed by atoms with Crippen LogP contribution >= 0.6 is 0 Å². The second kappa shape index (κ2) is 7.20. The van der Waals surface area contributed by atoms with E-state index in [1.54, 1.807) is 0 Å². The first kappa shape index (κ1) is 16.1. The van der Waals surface area contributed by atoms with Crippen LogP contribution in [-0.2, 0) is 9.53 Å². The number of H-pyrrole nitrogens is 1. The number of amides is 2. The Morgan fingerprint density at radius 3 is 2.79 bits per heavy atom. The van der Waals surface area contributed by atoms with Crippen molar-refractivity contribution in [2.45, 2.75) is 12.8 Å².